The van der Waals surface area contributed by atoms with Gasteiger partial charge in [0.25, 0.3) is 0 Å². The lowest BCUT2D eigenvalue weighted by Crippen LogP contribution is -2.25. The van der Waals surface area contributed by atoms with Crippen LogP contribution in [0.5, 0.6) is 0 Å². The van der Waals surface area contributed by atoms with E-state index in [1.807, 2.05) is 12.1 Å². The quantitative estimate of drug-likeness (QED) is 0.876. The molecule has 1 saturated heterocycles. The SMILES string of the molecule is CCC1(c2cccc(NS(=O)(=O)C3CC3)c2)C2CNCC21. The van der Waals surface area contributed by atoms with Crippen LogP contribution in [0.4, 0.5) is 5.69 Å². The molecule has 1 aromatic rings. The van der Waals surface area contributed by atoms with Gasteiger partial charge in [0.2, 0.25) is 10.0 Å². The van der Waals surface area contributed by atoms with Gasteiger partial charge in [0.1, 0.15) is 0 Å². The predicted molar refractivity (Wildman–Crippen MR) is 83.8 cm³/mol. The van der Waals surface area contributed by atoms with E-state index in [0.29, 0.717) is 0 Å². The Kier molecular flexibility index (Phi) is 2.89. The monoisotopic (exact) mass is 306 g/mol. The second-order valence-corrected chi connectivity index (χ2v) is 8.65. The van der Waals surface area contributed by atoms with Crippen LogP contribution in [0.1, 0.15) is 31.7 Å². The fraction of sp³-hybridized carbons (Fsp3) is 0.625. The Morgan fingerprint density at radius 1 is 1.29 bits per heavy atom. The van der Waals surface area contributed by atoms with Crippen molar-refractivity contribution in [2.24, 2.45) is 11.8 Å². The molecule has 3 fully saturated rings. The molecule has 2 atom stereocenters. The van der Waals surface area contributed by atoms with E-state index in [1.165, 1.54) is 5.56 Å². The maximum atomic E-state index is 12.1. The van der Waals surface area contributed by atoms with E-state index in [0.717, 1.165) is 49.9 Å². The highest BCUT2D eigenvalue weighted by Gasteiger charge is 2.65. The molecule has 3 aliphatic rings. The van der Waals surface area contributed by atoms with E-state index in [2.05, 4.69) is 29.1 Å². The Balaban J connectivity index is 1.61. The van der Waals surface area contributed by atoms with Crippen LogP contribution in [-0.2, 0) is 15.4 Å². The van der Waals surface area contributed by atoms with Crippen LogP contribution < -0.4 is 10.0 Å². The van der Waals surface area contributed by atoms with Crippen LogP contribution in [0.15, 0.2) is 24.3 Å². The van der Waals surface area contributed by atoms with E-state index in [9.17, 15) is 8.42 Å². The van der Waals surface area contributed by atoms with Crippen molar-refractivity contribution in [1.82, 2.24) is 5.32 Å². The standard InChI is InChI=1S/C16H22N2O2S/c1-2-16(14-9-17-10-15(14)16)11-4-3-5-12(8-11)18-21(19,20)13-6-7-13/h3-5,8,13-15,17-18H,2,6-7,9-10H2,1H3. The molecule has 0 amide bonds. The molecule has 2 saturated carbocycles. The Morgan fingerprint density at radius 2 is 2.00 bits per heavy atom. The summed E-state index contributed by atoms with van der Waals surface area (Å²) in [4.78, 5) is 0. The van der Waals surface area contributed by atoms with E-state index in [-0.39, 0.29) is 10.7 Å². The van der Waals surface area contributed by atoms with Crippen LogP contribution in [0.3, 0.4) is 0 Å². The molecular weight excluding hydrogens is 284 g/mol. The second-order valence-electron chi connectivity index (χ2n) is 6.69. The highest BCUT2D eigenvalue weighted by atomic mass is 32.2. The van der Waals surface area contributed by atoms with Gasteiger partial charge in [0.05, 0.1) is 5.25 Å². The maximum Gasteiger partial charge on any atom is 0.235 e. The molecule has 21 heavy (non-hydrogen) atoms. The van der Waals surface area contributed by atoms with Crippen molar-refractivity contribution in [1.29, 1.82) is 0 Å². The number of sulfonamides is 1. The fourth-order valence-electron chi connectivity index (χ4n) is 4.30. The van der Waals surface area contributed by atoms with Crippen molar-refractivity contribution in [2.45, 2.75) is 36.9 Å². The van der Waals surface area contributed by atoms with Crippen molar-refractivity contribution in [3.8, 4) is 0 Å². The Labute approximate surface area is 126 Å². The van der Waals surface area contributed by atoms with Crippen molar-refractivity contribution in [3.63, 3.8) is 0 Å². The normalized spacial score (nSPS) is 34.5. The van der Waals surface area contributed by atoms with Crippen LogP contribution in [0, 0.1) is 11.8 Å². The molecule has 0 bridgehead atoms. The summed E-state index contributed by atoms with van der Waals surface area (Å²) in [6.07, 6.45) is 2.72. The Bertz CT molecular complexity index is 657. The molecule has 1 aliphatic heterocycles. The van der Waals surface area contributed by atoms with Gasteiger partial charge in [0, 0.05) is 11.1 Å². The molecule has 4 nitrogen and oxygen atoms in total. The van der Waals surface area contributed by atoms with Gasteiger partial charge in [-0.1, -0.05) is 19.1 Å². The van der Waals surface area contributed by atoms with Crippen LogP contribution in [0.25, 0.3) is 0 Å². The molecule has 5 heteroatoms. The van der Waals surface area contributed by atoms with Crippen molar-refractivity contribution in [2.75, 3.05) is 17.8 Å². The van der Waals surface area contributed by atoms with E-state index < -0.39 is 10.0 Å². The average molecular weight is 306 g/mol. The average Bonchev–Trinajstić information content (AvgIpc) is 3.36. The Morgan fingerprint density at radius 3 is 2.62 bits per heavy atom. The first-order valence-electron chi connectivity index (χ1n) is 7.91. The summed E-state index contributed by atoms with van der Waals surface area (Å²) in [5.74, 6) is 1.44. The lowest BCUT2D eigenvalue weighted by Gasteiger charge is -2.21. The van der Waals surface area contributed by atoms with Gasteiger partial charge in [-0.25, -0.2) is 8.42 Å². The number of hydrogen-bond donors (Lipinski definition) is 2. The highest BCUT2D eigenvalue weighted by Crippen LogP contribution is 2.63. The largest absolute Gasteiger partial charge is 0.316 e. The summed E-state index contributed by atoms with van der Waals surface area (Å²) in [5.41, 5.74) is 2.30. The van der Waals surface area contributed by atoms with Gasteiger partial charge in [-0.3, -0.25) is 4.72 Å². The minimum atomic E-state index is -3.17. The van der Waals surface area contributed by atoms with Gasteiger partial charge in [-0.15, -0.1) is 0 Å². The molecule has 1 heterocycles. The molecule has 2 aliphatic carbocycles. The van der Waals surface area contributed by atoms with Gasteiger partial charge in [-0.05, 0) is 61.9 Å². The third kappa shape index (κ3) is 2.01. The first kappa shape index (κ1) is 13.6. The summed E-state index contributed by atoms with van der Waals surface area (Å²) in [6.45, 7) is 4.44. The highest BCUT2D eigenvalue weighted by molar-refractivity contribution is 7.93. The zero-order chi connectivity index (χ0) is 14.7. The zero-order valence-electron chi connectivity index (χ0n) is 12.3. The number of rotatable bonds is 5. The smallest absolute Gasteiger partial charge is 0.235 e. The lowest BCUT2D eigenvalue weighted by molar-refractivity contribution is 0.502. The van der Waals surface area contributed by atoms with Crippen LogP contribution in [0.2, 0.25) is 0 Å². The van der Waals surface area contributed by atoms with Gasteiger partial charge < -0.3 is 5.32 Å². The van der Waals surface area contributed by atoms with E-state index in [1.54, 1.807) is 0 Å². The number of piperidine rings is 1. The van der Waals surface area contributed by atoms with Crippen molar-refractivity contribution >= 4 is 15.7 Å². The fourth-order valence-corrected chi connectivity index (χ4v) is 5.68. The first-order valence-corrected chi connectivity index (χ1v) is 9.45. The van der Waals surface area contributed by atoms with Crippen LogP contribution >= 0.6 is 0 Å². The minimum Gasteiger partial charge on any atom is -0.316 e. The van der Waals surface area contributed by atoms with Crippen molar-refractivity contribution < 1.29 is 8.42 Å². The topological polar surface area (TPSA) is 58.2 Å². The van der Waals surface area contributed by atoms with Gasteiger partial charge in [0.15, 0.2) is 0 Å². The third-order valence-electron chi connectivity index (χ3n) is 5.64. The second kappa shape index (κ2) is 4.46. The number of fused-ring (bicyclic) bond motifs is 1. The first-order chi connectivity index (χ1) is 10.1. The third-order valence-corrected chi connectivity index (χ3v) is 7.51. The number of benzene rings is 1. The maximum absolute atomic E-state index is 12.1. The molecule has 114 valence electrons. The predicted octanol–water partition coefficient (Wildman–Crippen LogP) is 2.09. The molecule has 1 aromatic carbocycles. The van der Waals surface area contributed by atoms with Crippen molar-refractivity contribution in [3.05, 3.63) is 29.8 Å². The molecule has 2 unspecified atom stereocenters. The molecule has 0 aromatic heterocycles. The molecular formula is C16H22N2O2S. The summed E-state index contributed by atoms with van der Waals surface area (Å²) in [5, 5.41) is 3.27. The summed E-state index contributed by atoms with van der Waals surface area (Å²) in [7, 11) is -3.17. The van der Waals surface area contributed by atoms with Gasteiger partial charge >= 0.3 is 0 Å². The van der Waals surface area contributed by atoms with E-state index >= 15 is 0 Å². The molecule has 0 spiro atoms. The molecule has 2 N–H and O–H groups in total. The summed E-state index contributed by atoms with van der Waals surface area (Å²) < 4.78 is 26.9. The summed E-state index contributed by atoms with van der Waals surface area (Å²) >= 11 is 0. The Hall–Kier alpha value is -1.07. The van der Waals surface area contributed by atoms with Gasteiger partial charge in [-0.2, -0.15) is 0 Å². The number of nitrogens with one attached hydrogen (secondary N) is 2. The lowest BCUT2D eigenvalue weighted by atomic mass is 9.87. The van der Waals surface area contributed by atoms with Crippen LogP contribution in [-0.4, -0.2) is 26.8 Å². The van der Waals surface area contributed by atoms with E-state index in [4.69, 9.17) is 0 Å². The summed E-state index contributed by atoms with van der Waals surface area (Å²) in [6, 6.07) is 8.07. The number of hydrogen-bond acceptors (Lipinski definition) is 3. The molecule has 0 radical (unpaired) electrons. The zero-order valence-corrected chi connectivity index (χ0v) is 13.1. The number of anilines is 1. The molecule has 4 rings (SSSR count). The minimum absolute atomic E-state index is 0.175.